The van der Waals surface area contributed by atoms with Crippen LogP contribution in [-0.2, 0) is 11.0 Å². The molecule has 178 valence electrons. The van der Waals surface area contributed by atoms with Gasteiger partial charge in [0.1, 0.15) is 11.6 Å². The van der Waals surface area contributed by atoms with Gasteiger partial charge in [-0.25, -0.2) is 4.98 Å². The highest BCUT2D eigenvalue weighted by Gasteiger charge is 2.33. The molecular formula is C22H24ClF3N4O3. The molecule has 2 heterocycles. The molecule has 1 aliphatic rings. The van der Waals surface area contributed by atoms with Gasteiger partial charge in [0.2, 0.25) is 5.91 Å². The van der Waals surface area contributed by atoms with Crippen LogP contribution in [0, 0.1) is 5.92 Å². The largest absolute Gasteiger partial charge is 0.508 e. The van der Waals surface area contributed by atoms with E-state index in [1.807, 2.05) is 0 Å². The van der Waals surface area contributed by atoms with Crippen molar-refractivity contribution >= 4 is 29.2 Å². The standard InChI is InChI=1S/C22H24ClF3N4O3/c23-18-12-16(22(24,25)26)13-29-19(18)30-9-5-14(6-10-30)20(32)27-7-2-8-28-21(33)15-3-1-4-17(31)11-15/h1,3-4,11-14,31H,2,5-10H2,(H,27,32)(H,28,33). The van der Waals surface area contributed by atoms with E-state index in [9.17, 15) is 27.9 Å². The predicted octanol–water partition coefficient (Wildman–Crippen LogP) is 3.61. The Morgan fingerprint density at radius 1 is 1.15 bits per heavy atom. The number of phenols is 1. The third-order valence-corrected chi connectivity index (χ3v) is 5.64. The van der Waals surface area contributed by atoms with Crippen molar-refractivity contribution in [2.24, 2.45) is 5.92 Å². The highest BCUT2D eigenvalue weighted by molar-refractivity contribution is 6.33. The van der Waals surface area contributed by atoms with E-state index in [4.69, 9.17) is 11.6 Å². The van der Waals surface area contributed by atoms with Crippen LogP contribution in [0.1, 0.15) is 35.2 Å². The lowest BCUT2D eigenvalue weighted by atomic mass is 9.96. The van der Waals surface area contributed by atoms with E-state index >= 15 is 0 Å². The van der Waals surface area contributed by atoms with E-state index < -0.39 is 11.7 Å². The molecule has 2 amide bonds. The number of amides is 2. The Morgan fingerprint density at radius 3 is 2.48 bits per heavy atom. The molecule has 0 atom stereocenters. The minimum atomic E-state index is -4.51. The lowest BCUT2D eigenvalue weighted by molar-refractivity contribution is -0.137. The lowest BCUT2D eigenvalue weighted by Gasteiger charge is -2.32. The van der Waals surface area contributed by atoms with Crippen molar-refractivity contribution in [1.29, 1.82) is 0 Å². The topological polar surface area (TPSA) is 94.6 Å². The number of aromatic nitrogens is 1. The average Bonchev–Trinajstić information content (AvgIpc) is 2.78. The Labute approximate surface area is 193 Å². The molecule has 0 unspecified atom stereocenters. The van der Waals surface area contributed by atoms with Gasteiger partial charge in [0.05, 0.1) is 10.6 Å². The van der Waals surface area contributed by atoms with Crippen molar-refractivity contribution in [3.63, 3.8) is 0 Å². The molecule has 0 radical (unpaired) electrons. The van der Waals surface area contributed by atoms with Crippen molar-refractivity contribution in [1.82, 2.24) is 15.6 Å². The van der Waals surface area contributed by atoms with Gasteiger partial charge in [0, 0.05) is 43.9 Å². The number of alkyl halides is 3. The molecule has 11 heteroatoms. The first kappa shape index (κ1) is 24.6. The smallest absolute Gasteiger partial charge is 0.417 e. The maximum atomic E-state index is 12.8. The Hall–Kier alpha value is -3.01. The molecule has 0 saturated carbocycles. The quantitative estimate of drug-likeness (QED) is 0.522. The minimum absolute atomic E-state index is 0.0114. The van der Waals surface area contributed by atoms with E-state index in [-0.39, 0.29) is 34.3 Å². The third-order valence-electron chi connectivity index (χ3n) is 5.36. The molecule has 3 rings (SSSR count). The van der Waals surface area contributed by atoms with Gasteiger partial charge < -0.3 is 20.6 Å². The molecule has 0 bridgehead atoms. The fourth-order valence-electron chi connectivity index (χ4n) is 3.57. The van der Waals surface area contributed by atoms with E-state index in [1.165, 1.54) is 12.1 Å². The van der Waals surface area contributed by atoms with E-state index in [0.29, 0.717) is 51.0 Å². The van der Waals surface area contributed by atoms with Crippen LogP contribution in [0.25, 0.3) is 0 Å². The molecule has 2 aromatic rings. The summed E-state index contributed by atoms with van der Waals surface area (Å²) in [4.78, 5) is 30.1. The molecule has 1 fully saturated rings. The lowest BCUT2D eigenvalue weighted by Crippen LogP contribution is -2.41. The number of piperidine rings is 1. The van der Waals surface area contributed by atoms with E-state index in [1.54, 1.807) is 17.0 Å². The van der Waals surface area contributed by atoms with E-state index in [2.05, 4.69) is 15.6 Å². The number of benzene rings is 1. The van der Waals surface area contributed by atoms with Crippen LogP contribution >= 0.6 is 11.6 Å². The second-order valence-corrected chi connectivity index (χ2v) is 8.15. The summed E-state index contributed by atoms with van der Waals surface area (Å²) >= 11 is 6.01. The van der Waals surface area contributed by atoms with Gasteiger partial charge in [-0.05, 0) is 43.5 Å². The zero-order valence-corrected chi connectivity index (χ0v) is 18.4. The molecular weight excluding hydrogens is 461 g/mol. The zero-order chi connectivity index (χ0) is 24.0. The van der Waals surface area contributed by atoms with Crippen molar-refractivity contribution in [3.8, 4) is 5.75 Å². The molecule has 33 heavy (non-hydrogen) atoms. The molecule has 0 aliphatic carbocycles. The highest BCUT2D eigenvalue weighted by Crippen LogP contribution is 2.34. The summed E-state index contributed by atoms with van der Waals surface area (Å²) < 4.78 is 38.3. The zero-order valence-electron chi connectivity index (χ0n) is 17.7. The van der Waals surface area contributed by atoms with Gasteiger partial charge >= 0.3 is 6.18 Å². The Bertz CT molecular complexity index is 995. The van der Waals surface area contributed by atoms with Gasteiger partial charge in [-0.2, -0.15) is 13.2 Å². The molecule has 0 spiro atoms. The maximum absolute atomic E-state index is 12.8. The normalized spacial score (nSPS) is 14.7. The summed E-state index contributed by atoms with van der Waals surface area (Å²) in [7, 11) is 0. The summed E-state index contributed by atoms with van der Waals surface area (Å²) in [5, 5.41) is 14.9. The average molecular weight is 485 g/mol. The van der Waals surface area contributed by atoms with Crippen LogP contribution in [-0.4, -0.2) is 48.1 Å². The fourth-order valence-corrected chi connectivity index (χ4v) is 3.85. The molecule has 1 aromatic heterocycles. The molecule has 1 saturated heterocycles. The van der Waals surface area contributed by atoms with Gasteiger partial charge in [-0.15, -0.1) is 0 Å². The van der Waals surface area contributed by atoms with Crippen LogP contribution in [0.3, 0.4) is 0 Å². The van der Waals surface area contributed by atoms with Gasteiger partial charge in [-0.3, -0.25) is 9.59 Å². The van der Waals surface area contributed by atoms with E-state index in [0.717, 1.165) is 12.3 Å². The summed E-state index contributed by atoms with van der Waals surface area (Å²) in [6, 6.07) is 6.89. The van der Waals surface area contributed by atoms with Crippen LogP contribution in [0.2, 0.25) is 5.02 Å². The van der Waals surface area contributed by atoms with Crippen LogP contribution in [0.15, 0.2) is 36.5 Å². The second-order valence-electron chi connectivity index (χ2n) is 7.74. The number of hydrogen-bond donors (Lipinski definition) is 3. The Morgan fingerprint density at radius 2 is 1.85 bits per heavy atom. The van der Waals surface area contributed by atoms with Crippen LogP contribution < -0.4 is 15.5 Å². The van der Waals surface area contributed by atoms with Crippen LogP contribution in [0.5, 0.6) is 5.75 Å². The van der Waals surface area contributed by atoms with Crippen molar-refractivity contribution in [2.75, 3.05) is 31.1 Å². The monoisotopic (exact) mass is 484 g/mol. The summed E-state index contributed by atoms with van der Waals surface area (Å²) in [5.41, 5.74) is -0.544. The van der Waals surface area contributed by atoms with Crippen LogP contribution in [0.4, 0.5) is 19.0 Å². The second kappa shape index (κ2) is 10.7. The first-order valence-corrected chi connectivity index (χ1v) is 10.9. The maximum Gasteiger partial charge on any atom is 0.417 e. The SMILES string of the molecule is O=C(NCCCNC(=O)C1CCN(c2ncc(C(F)(F)F)cc2Cl)CC1)c1cccc(O)c1. The molecule has 7 nitrogen and oxygen atoms in total. The Kier molecular flexibility index (Phi) is 8.01. The molecule has 1 aliphatic heterocycles. The summed E-state index contributed by atoms with van der Waals surface area (Å²) in [6.07, 6.45) is -2.15. The number of rotatable bonds is 7. The summed E-state index contributed by atoms with van der Waals surface area (Å²) in [6.45, 7) is 1.67. The number of carbonyl (C=O) groups is 2. The number of pyridine rings is 1. The number of nitrogens with one attached hydrogen (secondary N) is 2. The highest BCUT2D eigenvalue weighted by atomic mass is 35.5. The number of nitrogens with zero attached hydrogens (tertiary/aromatic N) is 2. The number of phenolic OH excluding ortho intramolecular Hbond substituents is 1. The minimum Gasteiger partial charge on any atom is -0.508 e. The number of hydrogen-bond acceptors (Lipinski definition) is 5. The van der Waals surface area contributed by atoms with Crippen molar-refractivity contribution in [2.45, 2.75) is 25.4 Å². The van der Waals surface area contributed by atoms with Crippen molar-refractivity contribution < 1.29 is 27.9 Å². The summed E-state index contributed by atoms with van der Waals surface area (Å²) in [5.74, 6) is -0.319. The Balaban J connectivity index is 1.38. The number of aromatic hydroxyl groups is 1. The predicted molar refractivity (Wildman–Crippen MR) is 117 cm³/mol. The van der Waals surface area contributed by atoms with Gasteiger partial charge in [-0.1, -0.05) is 17.7 Å². The van der Waals surface area contributed by atoms with Gasteiger partial charge in [0.25, 0.3) is 5.91 Å². The first-order valence-electron chi connectivity index (χ1n) is 10.5. The number of carbonyl (C=O) groups excluding carboxylic acids is 2. The fraction of sp³-hybridized carbons (Fsp3) is 0.409. The molecule has 3 N–H and O–H groups in total. The van der Waals surface area contributed by atoms with Crippen molar-refractivity contribution in [3.05, 3.63) is 52.7 Å². The number of halogens is 4. The third kappa shape index (κ3) is 6.74. The first-order chi connectivity index (χ1) is 15.6. The molecule has 1 aromatic carbocycles. The number of anilines is 1. The van der Waals surface area contributed by atoms with Gasteiger partial charge in [0.15, 0.2) is 0 Å².